The van der Waals surface area contributed by atoms with Gasteiger partial charge in [-0.05, 0) is 25.3 Å². The van der Waals surface area contributed by atoms with Gasteiger partial charge in [-0.3, -0.25) is 9.69 Å². The van der Waals surface area contributed by atoms with Crippen molar-refractivity contribution < 1.29 is 9.53 Å². The molecular formula is C20H26N4O2S. The SMILES string of the molecule is O=C(CSc1nc(CN2CCOCC2)nc2ccccc12)N1CCCCC1. The summed E-state index contributed by atoms with van der Waals surface area (Å²) < 4.78 is 5.43. The van der Waals surface area contributed by atoms with E-state index in [2.05, 4.69) is 4.90 Å². The van der Waals surface area contributed by atoms with Crippen molar-refractivity contribution in [3.8, 4) is 0 Å². The molecule has 6 nitrogen and oxygen atoms in total. The maximum atomic E-state index is 12.5. The van der Waals surface area contributed by atoms with Gasteiger partial charge in [0.05, 0.1) is 31.0 Å². The molecule has 1 amide bonds. The number of hydrogen-bond donors (Lipinski definition) is 0. The molecule has 144 valence electrons. The Kier molecular flexibility index (Phi) is 6.21. The number of fused-ring (bicyclic) bond motifs is 1. The minimum atomic E-state index is 0.220. The van der Waals surface area contributed by atoms with Crippen molar-refractivity contribution in [1.82, 2.24) is 19.8 Å². The first-order valence-corrected chi connectivity index (χ1v) is 10.7. The number of likely N-dealkylation sites (tertiary alicyclic amines) is 1. The predicted molar refractivity (Wildman–Crippen MR) is 107 cm³/mol. The molecule has 0 radical (unpaired) electrons. The van der Waals surface area contributed by atoms with Gasteiger partial charge < -0.3 is 9.64 Å². The summed E-state index contributed by atoms with van der Waals surface area (Å²) in [7, 11) is 0. The lowest BCUT2D eigenvalue weighted by Gasteiger charge is -2.27. The van der Waals surface area contributed by atoms with Gasteiger partial charge in [0, 0.05) is 31.6 Å². The molecule has 0 N–H and O–H groups in total. The lowest BCUT2D eigenvalue weighted by atomic mass is 10.1. The van der Waals surface area contributed by atoms with Crippen LogP contribution in [0.15, 0.2) is 29.3 Å². The first-order chi connectivity index (χ1) is 13.3. The topological polar surface area (TPSA) is 58.6 Å². The quantitative estimate of drug-likeness (QED) is 0.581. The van der Waals surface area contributed by atoms with Gasteiger partial charge in [-0.1, -0.05) is 30.0 Å². The Hall–Kier alpha value is -1.70. The lowest BCUT2D eigenvalue weighted by Crippen LogP contribution is -2.36. The monoisotopic (exact) mass is 386 g/mol. The highest BCUT2D eigenvalue weighted by Gasteiger charge is 2.19. The molecule has 0 unspecified atom stereocenters. The van der Waals surface area contributed by atoms with Gasteiger partial charge in [0.2, 0.25) is 5.91 Å². The van der Waals surface area contributed by atoms with Crippen LogP contribution in [0.4, 0.5) is 0 Å². The zero-order valence-electron chi connectivity index (χ0n) is 15.6. The molecule has 2 saturated heterocycles. The van der Waals surface area contributed by atoms with E-state index in [1.807, 2.05) is 29.2 Å². The lowest BCUT2D eigenvalue weighted by molar-refractivity contribution is -0.129. The van der Waals surface area contributed by atoms with Crippen LogP contribution in [0, 0.1) is 0 Å². The molecule has 4 rings (SSSR count). The van der Waals surface area contributed by atoms with E-state index in [1.165, 1.54) is 6.42 Å². The molecule has 7 heteroatoms. The van der Waals surface area contributed by atoms with Crippen LogP contribution in [0.5, 0.6) is 0 Å². The zero-order chi connectivity index (χ0) is 18.5. The summed E-state index contributed by atoms with van der Waals surface area (Å²) in [6.45, 7) is 5.86. The van der Waals surface area contributed by atoms with E-state index in [0.717, 1.165) is 80.5 Å². The van der Waals surface area contributed by atoms with Crippen molar-refractivity contribution in [3.05, 3.63) is 30.1 Å². The molecular weight excluding hydrogens is 360 g/mol. The highest BCUT2D eigenvalue weighted by atomic mass is 32.2. The summed E-state index contributed by atoms with van der Waals surface area (Å²) in [6.07, 6.45) is 3.48. The van der Waals surface area contributed by atoms with Gasteiger partial charge in [0.1, 0.15) is 10.9 Å². The third kappa shape index (κ3) is 4.78. The Morgan fingerprint density at radius 2 is 1.81 bits per heavy atom. The number of hydrogen-bond acceptors (Lipinski definition) is 6. The molecule has 1 aromatic heterocycles. The molecule has 2 aliphatic heterocycles. The van der Waals surface area contributed by atoms with Crippen molar-refractivity contribution in [1.29, 1.82) is 0 Å². The molecule has 1 aromatic carbocycles. The van der Waals surface area contributed by atoms with Crippen LogP contribution in [0.3, 0.4) is 0 Å². The van der Waals surface area contributed by atoms with Gasteiger partial charge in [0.25, 0.3) is 0 Å². The van der Waals surface area contributed by atoms with Gasteiger partial charge in [-0.15, -0.1) is 0 Å². The second-order valence-electron chi connectivity index (χ2n) is 7.08. The number of piperidine rings is 1. The number of thioether (sulfide) groups is 1. The summed E-state index contributed by atoms with van der Waals surface area (Å²) in [5.74, 6) is 1.48. The highest BCUT2D eigenvalue weighted by Crippen LogP contribution is 2.26. The van der Waals surface area contributed by atoms with Crippen LogP contribution < -0.4 is 0 Å². The van der Waals surface area contributed by atoms with Crippen molar-refractivity contribution in [2.24, 2.45) is 0 Å². The van der Waals surface area contributed by atoms with Gasteiger partial charge in [-0.2, -0.15) is 0 Å². The van der Waals surface area contributed by atoms with Crippen LogP contribution in [0.1, 0.15) is 25.1 Å². The number of ether oxygens (including phenoxy) is 1. The minimum absolute atomic E-state index is 0.220. The van der Waals surface area contributed by atoms with E-state index in [0.29, 0.717) is 5.75 Å². The van der Waals surface area contributed by atoms with E-state index < -0.39 is 0 Å². The number of amides is 1. The van der Waals surface area contributed by atoms with Crippen molar-refractivity contribution in [3.63, 3.8) is 0 Å². The van der Waals surface area contributed by atoms with Crippen molar-refractivity contribution in [2.75, 3.05) is 45.1 Å². The van der Waals surface area contributed by atoms with Crippen molar-refractivity contribution in [2.45, 2.75) is 30.8 Å². The smallest absolute Gasteiger partial charge is 0.232 e. The molecule has 2 fully saturated rings. The van der Waals surface area contributed by atoms with Crippen LogP contribution in [0.25, 0.3) is 10.9 Å². The summed E-state index contributed by atoms with van der Waals surface area (Å²) in [6, 6.07) is 8.07. The fourth-order valence-corrected chi connectivity index (χ4v) is 4.54. The Morgan fingerprint density at radius 1 is 1.04 bits per heavy atom. The third-order valence-electron chi connectivity index (χ3n) is 5.12. The maximum Gasteiger partial charge on any atom is 0.232 e. The Balaban J connectivity index is 1.50. The normalized spacial score (nSPS) is 18.7. The molecule has 0 bridgehead atoms. The summed E-state index contributed by atoms with van der Waals surface area (Å²) in [4.78, 5) is 26.4. The van der Waals surface area contributed by atoms with Gasteiger partial charge >= 0.3 is 0 Å². The standard InChI is InChI=1S/C20H26N4O2S/c25-19(24-8-4-1-5-9-24)15-27-20-16-6-2-3-7-17(16)21-18(22-20)14-23-10-12-26-13-11-23/h2-3,6-7H,1,4-5,8-15H2. The first kappa shape index (κ1) is 18.7. The largest absolute Gasteiger partial charge is 0.379 e. The third-order valence-corrected chi connectivity index (χ3v) is 6.10. The molecule has 2 aliphatic rings. The zero-order valence-corrected chi connectivity index (χ0v) is 16.4. The molecule has 0 atom stereocenters. The van der Waals surface area contributed by atoms with E-state index >= 15 is 0 Å². The Bertz CT molecular complexity index is 789. The fraction of sp³-hybridized carbons (Fsp3) is 0.550. The van der Waals surface area contributed by atoms with E-state index in [9.17, 15) is 4.79 Å². The number of aromatic nitrogens is 2. The highest BCUT2D eigenvalue weighted by molar-refractivity contribution is 8.00. The molecule has 3 heterocycles. The number of nitrogens with zero attached hydrogens (tertiary/aromatic N) is 4. The second-order valence-corrected chi connectivity index (χ2v) is 8.04. The van der Waals surface area contributed by atoms with Crippen LogP contribution >= 0.6 is 11.8 Å². The Morgan fingerprint density at radius 3 is 2.63 bits per heavy atom. The van der Waals surface area contributed by atoms with Crippen LogP contribution in [-0.2, 0) is 16.1 Å². The van der Waals surface area contributed by atoms with E-state index in [1.54, 1.807) is 11.8 Å². The average molecular weight is 387 g/mol. The number of benzene rings is 1. The minimum Gasteiger partial charge on any atom is -0.379 e. The predicted octanol–water partition coefficient (Wildman–Crippen LogP) is 2.57. The molecule has 2 aromatic rings. The number of morpholine rings is 1. The number of carbonyl (C=O) groups excluding carboxylic acids is 1. The molecule has 0 spiro atoms. The second kappa shape index (κ2) is 8.99. The van der Waals surface area contributed by atoms with E-state index in [-0.39, 0.29) is 5.91 Å². The van der Waals surface area contributed by atoms with Crippen molar-refractivity contribution >= 4 is 28.6 Å². The first-order valence-electron chi connectivity index (χ1n) is 9.76. The van der Waals surface area contributed by atoms with Gasteiger partial charge in [-0.25, -0.2) is 9.97 Å². The number of rotatable bonds is 5. The van der Waals surface area contributed by atoms with E-state index in [4.69, 9.17) is 14.7 Å². The number of para-hydroxylation sites is 1. The molecule has 0 aliphatic carbocycles. The fourth-order valence-electron chi connectivity index (χ4n) is 3.60. The molecule has 27 heavy (non-hydrogen) atoms. The van der Waals surface area contributed by atoms with Crippen LogP contribution in [0.2, 0.25) is 0 Å². The summed E-state index contributed by atoms with van der Waals surface area (Å²) in [5, 5.41) is 1.94. The average Bonchev–Trinajstić information content (AvgIpc) is 2.73. The van der Waals surface area contributed by atoms with Gasteiger partial charge in [0.15, 0.2) is 0 Å². The van der Waals surface area contributed by atoms with Crippen LogP contribution in [-0.4, -0.2) is 70.8 Å². The number of carbonyl (C=O) groups is 1. The maximum absolute atomic E-state index is 12.5. The molecule has 0 saturated carbocycles. The Labute approximate surface area is 164 Å². The summed E-state index contributed by atoms with van der Waals surface area (Å²) in [5.41, 5.74) is 0.948. The summed E-state index contributed by atoms with van der Waals surface area (Å²) >= 11 is 1.54.